The van der Waals surface area contributed by atoms with E-state index in [1.54, 1.807) is 25.2 Å². The molecular formula is C19H21N3O3S2. The van der Waals surface area contributed by atoms with E-state index >= 15 is 0 Å². The number of hydrogen-bond donors (Lipinski definition) is 1. The van der Waals surface area contributed by atoms with Crippen LogP contribution < -0.4 is 0 Å². The lowest BCUT2D eigenvalue weighted by Gasteiger charge is -2.10. The average Bonchev–Trinajstić information content (AvgIpc) is 3.10. The van der Waals surface area contributed by atoms with E-state index in [1.807, 2.05) is 6.92 Å². The number of hydrogen-bond acceptors (Lipinski definition) is 7. The van der Waals surface area contributed by atoms with E-state index in [4.69, 9.17) is 4.74 Å². The highest BCUT2D eigenvalue weighted by Crippen LogP contribution is 2.36. The molecule has 0 aromatic carbocycles. The standard InChI is InChI=1S/C19H21N3O3S2/c1-8-11(4)26-17-14(8)18(21-7-20-17)27-12(5)16(23)15-9(2)13(10(3)22-15)19(24)25-6/h7,12,22H,1-6H3/t12-/m1/s1. The van der Waals surface area contributed by atoms with Crippen molar-refractivity contribution in [2.75, 3.05) is 7.11 Å². The molecule has 0 aliphatic carbocycles. The summed E-state index contributed by atoms with van der Waals surface area (Å²) in [4.78, 5) is 38.9. The predicted octanol–water partition coefficient (Wildman–Crippen LogP) is 4.40. The van der Waals surface area contributed by atoms with Crippen LogP contribution in [0.4, 0.5) is 0 Å². The molecule has 142 valence electrons. The van der Waals surface area contributed by atoms with E-state index in [1.165, 1.54) is 30.1 Å². The Morgan fingerprint density at radius 3 is 2.56 bits per heavy atom. The predicted molar refractivity (Wildman–Crippen MR) is 108 cm³/mol. The first-order valence-corrected chi connectivity index (χ1v) is 10.1. The van der Waals surface area contributed by atoms with Crippen molar-refractivity contribution in [1.29, 1.82) is 0 Å². The normalized spacial score (nSPS) is 12.4. The fraction of sp³-hybridized carbons (Fsp3) is 0.368. The quantitative estimate of drug-likeness (QED) is 0.294. The molecule has 3 heterocycles. The van der Waals surface area contributed by atoms with E-state index in [0.717, 1.165) is 20.8 Å². The Morgan fingerprint density at radius 1 is 1.19 bits per heavy atom. The molecule has 0 bridgehead atoms. The molecule has 0 aliphatic rings. The number of thioether (sulfide) groups is 1. The minimum Gasteiger partial charge on any atom is -0.465 e. The number of methoxy groups -OCH3 is 1. The maximum absolute atomic E-state index is 13.0. The molecule has 0 amide bonds. The summed E-state index contributed by atoms with van der Waals surface area (Å²) in [5.74, 6) is -0.519. The Bertz CT molecular complexity index is 1050. The number of rotatable bonds is 5. The van der Waals surface area contributed by atoms with Crippen molar-refractivity contribution in [3.63, 3.8) is 0 Å². The van der Waals surface area contributed by atoms with Gasteiger partial charge in [0.15, 0.2) is 5.78 Å². The van der Waals surface area contributed by atoms with Gasteiger partial charge in [0.1, 0.15) is 16.2 Å². The Labute approximate surface area is 165 Å². The highest BCUT2D eigenvalue weighted by molar-refractivity contribution is 8.00. The number of thiophene rings is 1. The number of carbonyl (C=O) groups excluding carboxylic acids is 2. The molecule has 27 heavy (non-hydrogen) atoms. The zero-order valence-corrected chi connectivity index (χ0v) is 17.7. The smallest absolute Gasteiger partial charge is 0.339 e. The van der Waals surface area contributed by atoms with Gasteiger partial charge in [-0.2, -0.15) is 0 Å². The third kappa shape index (κ3) is 3.39. The topological polar surface area (TPSA) is 84.9 Å². The molecule has 3 aromatic rings. The fourth-order valence-electron chi connectivity index (χ4n) is 3.07. The summed E-state index contributed by atoms with van der Waals surface area (Å²) < 4.78 is 4.82. The van der Waals surface area contributed by atoms with Gasteiger partial charge in [0.2, 0.25) is 0 Å². The van der Waals surface area contributed by atoms with Crippen molar-refractivity contribution in [2.24, 2.45) is 0 Å². The number of fused-ring (bicyclic) bond motifs is 1. The monoisotopic (exact) mass is 403 g/mol. The van der Waals surface area contributed by atoms with Gasteiger partial charge in [0, 0.05) is 16.0 Å². The number of aromatic amines is 1. The van der Waals surface area contributed by atoms with Crippen molar-refractivity contribution < 1.29 is 14.3 Å². The second-order valence-corrected chi connectivity index (χ2v) is 8.92. The van der Waals surface area contributed by atoms with Crippen LogP contribution in [0.3, 0.4) is 0 Å². The summed E-state index contributed by atoms with van der Waals surface area (Å²) in [6, 6.07) is 0. The van der Waals surface area contributed by atoms with Crippen molar-refractivity contribution >= 4 is 45.1 Å². The van der Waals surface area contributed by atoms with Crippen LogP contribution >= 0.6 is 23.1 Å². The van der Waals surface area contributed by atoms with Crippen LogP contribution in [0.25, 0.3) is 10.2 Å². The molecule has 8 heteroatoms. The highest BCUT2D eigenvalue weighted by atomic mass is 32.2. The number of nitrogens with zero attached hydrogens (tertiary/aromatic N) is 2. The number of H-pyrrole nitrogens is 1. The lowest BCUT2D eigenvalue weighted by molar-refractivity contribution is 0.0599. The van der Waals surface area contributed by atoms with Crippen molar-refractivity contribution in [1.82, 2.24) is 15.0 Å². The summed E-state index contributed by atoms with van der Waals surface area (Å²) in [7, 11) is 1.33. The molecule has 0 aliphatic heterocycles. The molecule has 0 fully saturated rings. The van der Waals surface area contributed by atoms with Gasteiger partial charge in [0.05, 0.1) is 23.6 Å². The fourth-order valence-corrected chi connectivity index (χ4v) is 5.17. The van der Waals surface area contributed by atoms with Crippen molar-refractivity contribution in [3.05, 3.63) is 39.3 Å². The summed E-state index contributed by atoms with van der Waals surface area (Å²) in [6.07, 6.45) is 1.54. The maximum Gasteiger partial charge on any atom is 0.339 e. The van der Waals surface area contributed by atoms with Crippen LogP contribution in [0.2, 0.25) is 0 Å². The minimum atomic E-state index is -0.442. The number of carbonyl (C=O) groups is 2. The molecule has 0 saturated carbocycles. The lowest BCUT2D eigenvalue weighted by Crippen LogP contribution is -2.16. The van der Waals surface area contributed by atoms with Gasteiger partial charge in [-0.3, -0.25) is 4.79 Å². The number of nitrogens with one attached hydrogen (secondary N) is 1. The Kier molecular flexibility index (Phi) is 5.39. The third-order valence-corrected chi connectivity index (χ3v) is 6.88. The first kappa shape index (κ1) is 19.6. The van der Waals surface area contributed by atoms with Gasteiger partial charge in [-0.15, -0.1) is 11.3 Å². The highest BCUT2D eigenvalue weighted by Gasteiger charge is 2.27. The summed E-state index contributed by atoms with van der Waals surface area (Å²) in [5.41, 5.74) is 3.27. The van der Waals surface area contributed by atoms with Crippen LogP contribution in [0.1, 0.15) is 49.5 Å². The second kappa shape index (κ2) is 7.44. The zero-order chi connectivity index (χ0) is 19.9. The van der Waals surface area contributed by atoms with Gasteiger partial charge in [-0.25, -0.2) is 14.8 Å². The number of ether oxygens (including phenoxy) is 1. The number of Topliss-reactive ketones (excluding diaryl/α,β-unsaturated/α-hetero) is 1. The lowest BCUT2D eigenvalue weighted by atomic mass is 10.1. The molecule has 3 rings (SSSR count). The van der Waals surface area contributed by atoms with E-state index in [9.17, 15) is 9.59 Å². The molecule has 6 nitrogen and oxygen atoms in total. The second-order valence-electron chi connectivity index (χ2n) is 6.38. The van der Waals surface area contributed by atoms with E-state index in [-0.39, 0.29) is 11.0 Å². The molecular weight excluding hydrogens is 382 g/mol. The van der Waals surface area contributed by atoms with Crippen molar-refractivity contribution in [2.45, 2.75) is 44.9 Å². The van der Waals surface area contributed by atoms with Crippen LogP contribution in [0.5, 0.6) is 0 Å². The first-order valence-electron chi connectivity index (χ1n) is 8.45. The van der Waals surface area contributed by atoms with Gasteiger partial charge in [0.25, 0.3) is 0 Å². The molecule has 1 N–H and O–H groups in total. The van der Waals surface area contributed by atoms with Crippen molar-refractivity contribution in [3.8, 4) is 0 Å². The third-order valence-electron chi connectivity index (χ3n) is 4.66. The Balaban J connectivity index is 1.93. The zero-order valence-electron chi connectivity index (χ0n) is 16.1. The minimum absolute atomic E-state index is 0.0767. The number of ketones is 1. The summed E-state index contributed by atoms with van der Waals surface area (Å²) in [6.45, 7) is 9.48. The SMILES string of the molecule is COC(=O)c1c(C)[nH]c(C(=O)[C@@H](C)Sc2ncnc3sc(C)c(C)c23)c1C. The van der Waals surface area contributed by atoms with E-state index in [0.29, 0.717) is 22.5 Å². The van der Waals surface area contributed by atoms with Crippen LogP contribution in [0, 0.1) is 27.7 Å². The molecule has 0 saturated heterocycles. The van der Waals surface area contributed by atoms with Gasteiger partial charge in [-0.05, 0) is 45.7 Å². The largest absolute Gasteiger partial charge is 0.465 e. The van der Waals surface area contributed by atoms with Crippen LogP contribution in [-0.4, -0.2) is 39.1 Å². The van der Waals surface area contributed by atoms with Gasteiger partial charge in [-0.1, -0.05) is 11.8 Å². The number of aryl methyl sites for hydroxylation is 3. The summed E-state index contributed by atoms with van der Waals surface area (Å²) >= 11 is 3.04. The number of aromatic nitrogens is 3. The first-order chi connectivity index (χ1) is 12.8. The molecule has 0 unspecified atom stereocenters. The van der Waals surface area contributed by atoms with E-state index in [2.05, 4.69) is 28.8 Å². The molecule has 0 radical (unpaired) electrons. The molecule has 3 aromatic heterocycles. The van der Waals surface area contributed by atoms with Crippen LogP contribution in [-0.2, 0) is 4.74 Å². The molecule has 1 atom stereocenters. The average molecular weight is 404 g/mol. The van der Waals surface area contributed by atoms with Gasteiger partial charge < -0.3 is 9.72 Å². The Morgan fingerprint density at radius 2 is 1.89 bits per heavy atom. The van der Waals surface area contributed by atoms with Crippen LogP contribution in [0.15, 0.2) is 11.4 Å². The molecule has 0 spiro atoms. The van der Waals surface area contributed by atoms with Gasteiger partial charge >= 0.3 is 5.97 Å². The maximum atomic E-state index is 13.0. The van der Waals surface area contributed by atoms with E-state index < -0.39 is 5.97 Å². The number of esters is 1. The summed E-state index contributed by atoms with van der Waals surface area (Å²) in [5, 5.41) is 1.45. The Hall–Kier alpha value is -2.19.